The molecule has 0 aliphatic rings. The Morgan fingerprint density at radius 2 is 2.11 bits per heavy atom. The molecule has 0 spiro atoms. The third kappa shape index (κ3) is 2.52. The van der Waals surface area contributed by atoms with E-state index in [1.165, 1.54) is 16.9 Å². The summed E-state index contributed by atoms with van der Waals surface area (Å²) in [5.41, 5.74) is 0.998. The van der Waals surface area contributed by atoms with Gasteiger partial charge in [0.25, 0.3) is 0 Å². The average molecular weight is 273 g/mol. The lowest BCUT2D eigenvalue weighted by Gasteiger charge is -2.12. The largest absolute Gasteiger partial charge is 0.386 e. The van der Waals surface area contributed by atoms with Crippen molar-refractivity contribution >= 4 is 11.6 Å². The summed E-state index contributed by atoms with van der Waals surface area (Å²) in [6.45, 7) is 1.89. The van der Waals surface area contributed by atoms with E-state index >= 15 is 0 Å². The molecular weight excluding hydrogens is 262 g/mol. The summed E-state index contributed by atoms with van der Waals surface area (Å²) >= 11 is 5.83. The smallest absolute Gasteiger partial charge is 0.159 e. The molecule has 1 aromatic carbocycles. The van der Waals surface area contributed by atoms with Crippen LogP contribution >= 0.6 is 11.6 Å². The number of rotatable bonds is 3. The standard InChI is InChI=1S/C12H11ClF2N2O/c1-7-9(13)5-16-17(7)6-12(18)8-2-3-10(14)11(15)4-8/h2-5,12,18H,6H2,1H3. The Morgan fingerprint density at radius 1 is 1.39 bits per heavy atom. The quantitative estimate of drug-likeness (QED) is 0.933. The second-order valence-corrected chi connectivity index (χ2v) is 4.36. The molecule has 3 nitrogen and oxygen atoms in total. The molecule has 0 radical (unpaired) electrons. The Balaban J connectivity index is 2.19. The Morgan fingerprint density at radius 3 is 2.67 bits per heavy atom. The van der Waals surface area contributed by atoms with Gasteiger partial charge >= 0.3 is 0 Å². The number of benzene rings is 1. The molecule has 96 valence electrons. The van der Waals surface area contributed by atoms with Gasteiger partial charge in [-0.1, -0.05) is 17.7 Å². The summed E-state index contributed by atoms with van der Waals surface area (Å²) in [5.74, 6) is -1.92. The number of hydrogen-bond donors (Lipinski definition) is 1. The maximum atomic E-state index is 13.0. The summed E-state index contributed by atoms with van der Waals surface area (Å²) < 4.78 is 27.3. The fourth-order valence-corrected chi connectivity index (χ4v) is 1.74. The molecule has 18 heavy (non-hydrogen) atoms. The summed E-state index contributed by atoms with van der Waals surface area (Å²) in [7, 11) is 0. The first-order chi connectivity index (χ1) is 8.49. The van der Waals surface area contributed by atoms with E-state index in [0.29, 0.717) is 16.3 Å². The van der Waals surface area contributed by atoms with Crippen molar-refractivity contribution in [1.29, 1.82) is 0 Å². The van der Waals surface area contributed by atoms with Crippen LogP contribution in [0.4, 0.5) is 8.78 Å². The molecule has 1 atom stereocenters. The molecular formula is C12H11ClF2N2O. The zero-order valence-electron chi connectivity index (χ0n) is 9.57. The van der Waals surface area contributed by atoms with Crippen LogP contribution in [0.25, 0.3) is 0 Å². The van der Waals surface area contributed by atoms with Gasteiger partial charge in [0.15, 0.2) is 11.6 Å². The fraction of sp³-hybridized carbons (Fsp3) is 0.250. The van der Waals surface area contributed by atoms with Gasteiger partial charge in [-0.2, -0.15) is 5.10 Å². The van der Waals surface area contributed by atoms with Crippen LogP contribution in [0, 0.1) is 18.6 Å². The van der Waals surface area contributed by atoms with Gasteiger partial charge in [-0.25, -0.2) is 8.78 Å². The van der Waals surface area contributed by atoms with Gasteiger partial charge in [0, 0.05) is 0 Å². The van der Waals surface area contributed by atoms with E-state index < -0.39 is 17.7 Å². The van der Waals surface area contributed by atoms with E-state index in [-0.39, 0.29) is 6.54 Å². The maximum Gasteiger partial charge on any atom is 0.159 e. The van der Waals surface area contributed by atoms with Crippen LogP contribution in [0.15, 0.2) is 24.4 Å². The molecule has 0 saturated carbocycles. The third-order valence-corrected chi connectivity index (χ3v) is 3.09. The summed E-state index contributed by atoms with van der Waals surface area (Å²) in [6, 6.07) is 3.29. The maximum absolute atomic E-state index is 13.0. The van der Waals surface area contributed by atoms with Crippen molar-refractivity contribution in [2.45, 2.75) is 19.6 Å². The highest BCUT2D eigenvalue weighted by atomic mass is 35.5. The van der Waals surface area contributed by atoms with Gasteiger partial charge in [0.05, 0.1) is 29.6 Å². The zero-order chi connectivity index (χ0) is 13.3. The molecule has 0 saturated heterocycles. The van der Waals surface area contributed by atoms with Crippen LogP contribution in [0.5, 0.6) is 0 Å². The minimum absolute atomic E-state index is 0.129. The molecule has 6 heteroatoms. The Bertz CT molecular complexity index is 571. The highest BCUT2D eigenvalue weighted by molar-refractivity contribution is 6.31. The van der Waals surface area contributed by atoms with Gasteiger partial charge in [0.1, 0.15) is 0 Å². The minimum atomic E-state index is -0.984. The molecule has 2 rings (SSSR count). The molecule has 1 unspecified atom stereocenters. The van der Waals surface area contributed by atoms with Gasteiger partial charge < -0.3 is 5.11 Å². The number of hydrogen-bond acceptors (Lipinski definition) is 2. The molecule has 0 aliphatic heterocycles. The lowest BCUT2D eigenvalue weighted by molar-refractivity contribution is 0.150. The number of nitrogens with zero attached hydrogens (tertiary/aromatic N) is 2. The van der Waals surface area contributed by atoms with E-state index in [4.69, 9.17) is 11.6 Å². The highest BCUT2D eigenvalue weighted by Crippen LogP contribution is 2.20. The third-order valence-electron chi connectivity index (χ3n) is 2.72. The van der Waals surface area contributed by atoms with Crippen LogP contribution < -0.4 is 0 Å². The van der Waals surface area contributed by atoms with E-state index in [2.05, 4.69) is 5.10 Å². The predicted octanol–water partition coefficient (Wildman–Crippen LogP) is 2.86. The topological polar surface area (TPSA) is 38.0 Å². The summed E-state index contributed by atoms with van der Waals surface area (Å²) in [6.07, 6.45) is 0.490. The highest BCUT2D eigenvalue weighted by Gasteiger charge is 2.14. The predicted molar refractivity (Wildman–Crippen MR) is 63.3 cm³/mol. The molecule has 0 aliphatic carbocycles. The molecule has 1 heterocycles. The van der Waals surface area contributed by atoms with Crippen LogP contribution in [-0.2, 0) is 6.54 Å². The molecule has 2 aromatic rings. The van der Waals surface area contributed by atoms with Crippen molar-refractivity contribution in [1.82, 2.24) is 9.78 Å². The lowest BCUT2D eigenvalue weighted by Crippen LogP contribution is -2.11. The van der Waals surface area contributed by atoms with Crippen LogP contribution in [0.2, 0.25) is 5.02 Å². The zero-order valence-corrected chi connectivity index (χ0v) is 10.3. The van der Waals surface area contributed by atoms with Crippen LogP contribution in [-0.4, -0.2) is 14.9 Å². The van der Waals surface area contributed by atoms with Gasteiger partial charge in [-0.05, 0) is 24.6 Å². The molecule has 0 amide bonds. The van der Waals surface area contributed by atoms with Crippen molar-refractivity contribution in [3.8, 4) is 0 Å². The first kappa shape index (κ1) is 13.0. The van der Waals surface area contributed by atoms with Gasteiger partial charge in [-0.3, -0.25) is 4.68 Å². The second kappa shape index (κ2) is 5.04. The monoisotopic (exact) mass is 272 g/mol. The van der Waals surface area contributed by atoms with Crippen LogP contribution in [0.3, 0.4) is 0 Å². The SMILES string of the molecule is Cc1c(Cl)cnn1CC(O)c1ccc(F)c(F)c1. The first-order valence-electron chi connectivity index (χ1n) is 5.30. The van der Waals surface area contributed by atoms with Crippen molar-refractivity contribution in [2.24, 2.45) is 0 Å². The first-order valence-corrected chi connectivity index (χ1v) is 5.67. The van der Waals surface area contributed by atoms with E-state index in [1.54, 1.807) is 6.92 Å². The Hall–Kier alpha value is -1.46. The van der Waals surface area contributed by atoms with Crippen molar-refractivity contribution in [3.05, 3.63) is 52.3 Å². The fourth-order valence-electron chi connectivity index (χ4n) is 1.60. The van der Waals surface area contributed by atoms with Crippen molar-refractivity contribution < 1.29 is 13.9 Å². The number of aromatic nitrogens is 2. The van der Waals surface area contributed by atoms with E-state index in [0.717, 1.165) is 12.1 Å². The molecule has 1 N–H and O–H groups in total. The number of aliphatic hydroxyl groups is 1. The Labute approximate surface area is 108 Å². The second-order valence-electron chi connectivity index (χ2n) is 3.95. The Kier molecular flexibility index (Phi) is 3.63. The van der Waals surface area contributed by atoms with Crippen molar-refractivity contribution in [2.75, 3.05) is 0 Å². The average Bonchev–Trinajstić information content (AvgIpc) is 2.64. The number of aliphatic hydroxyl groups excluding tert-OH is 1. The van der Waals surface area contributed by atoms with E-state index in [9.17, 15) is 13.9 Å². The minimum Gasteiger partial charge on any atom is -0.386 e. The molecule has 1 aromatic heterocycles. The lowest BCUT2D eigenvalue weighted by atomic mass is 10.1. The van der Waals surface area contributed by atoms with Crippen LogP contribution in [0.1, 0.15) is 17.4 Å². The van der Waals surface area contributed by atoms with Gasteiger partial charge in [-0.15, -0.1) is 0 Å². The summed E-state index contributed by atoms with van der Waals surface area (Å²) in [5, 5.41) is 14.4. The van der Waals surface area contributed by atoms with Gasteiger partial charge in [0.2, 0.25) is 0 Å². The summed E-state index contributed by atoms with van der Waals surface area (Å²) in [4.78, 5) is 0. The molecule has 0 bridgehead atoms. The molecule has 0 fully saturated rings. The van der Waals surface area contributed by atoms with Crippen molar-refractivity contribution in [3.63, 3.8) is 0 Å². The van der Waals surface area contributed by atoms with E-state index in [1.807, 2.05) is 0 Å². The normalized spacial score (nSPS) is 12.7. The number of halogens is 3.